The molecule has 6 aromatic heterocycles. The summed E-state index contributed by atoms with van der Waals surface area (Å²) in [6.07, 6.45) is 14.3. The molecule has 0 saturated carbocycles. The number of benzene rings is 6. The minimum Gasteiger partial charge on any atom is -0.345 e. The van der Waals surface area contributed by atoms with Gasteiger partial charge < -0.3 is 9.97 Å². The van der Waals surface area contributed by atoms with Crippen molar-refractivity contribution in [1.29, 1.82) is 0 Å². The summed E-state index contributed by atoms with van der Waals surface area (Å²) in [5.74, 6) is 1.05. The van der Waals surface area contributed by atoms with E-state index < -0.39 is 9.84 Å². The van der Waals surface area contributed by atoms with Crippen LogP contribution in [0.3, 0.4) is 0 Å². The van der Waals surface area contributed by atoms with Crippen molar-refractivity contribution in [2.24, 2.45) is 0 Å². The monoisotopic (exact) mass is 1310 g/mol. The molecule has 12 nitrogen and oxygen atoms in total. The van der Waals surface area contributed by atoms with Gasteiger partial charge in [-0.15, -0.1) is 11.3 Å². The standard InChI is InChI=1S/C13H18.C12H14N2.C12H15NS.C12H14O2S.2C11H14N2.C10H13N3/c1-13(2,3)12-9-5-7-10-6-4-8-11(10)12;1-12(2,3)9-4-5-10-11(8-9)14-7-6-13-10;1-8-13-10-7-9(12(2,3)4)5-6-11(10)14-8;1-12(2,3)10-5-4-9-6-7-15(13,14)11(9)8-10;1-11(2,3)8-4-5-9-10(6-8)13-7-12-9;1-11(2,3)10-12-8-6-4-5-7-9(8)13-10;1-10(2,3)8-5-4-6-13-9(8)11-7-12-13/h5,7,9H,4,6,8H2,1-3H3;4-8H,1-3H3;5-7H,1-4H3;4-8H,1-3H3;2*4-7H,1-3H3,(H,12,13);4-7H,1-3H3. The van der Waals surface area contributed by atoms with E-state index in [9.17, 15) is 8.42 Å². The highest BCUT2D eigenvalue weighted by atomic mass is 32.2. The first-order valence-electron chi connectivity index (χ1n) is 33.1. The molecule has 0 spiro atoms. The van der Waals surface area contributed by atoms with Crippen LogP contribution >= 0.6 is 11.3 Å². The van der Waals surface area contributed by atoms with Gasteiger partial charge in [-0.25, -0.2) is 32.9 Å². The van der Waals surface area contributed by atoms with Crippen LogP contribution in [0.4, 0.5) is 0 Å². The number of para-hydroxylation sites is 2. The fraction of sp³-hybridized carbons (Fsp3) is 0.395. The fourth-order valence-corrected chi connectivity index (χ4v) is 13.1. The number of sulfone groups is 1. The summed E-state index contributed by atoms with van der Waals surface area (Å²) in [6, 6.07) is 43.9. The van der Waals surface area contributed by atoms with Crippen LogP contribution < -0.4 is 0 Å². The molecule has 500 valence electrons. The maximum Gasteiger partial charge on any atom is 0.200 e. The van der Waals surface area contributed by atoms with E-state index in [0.29, 0.717) is 10.3 Å². The molecule has 95 heavy (non-hydrogen) atoms. The molecule has 0 bridgehead atoms. The molecule has 0 amide bonds. The SMILES string of the molecule is CC(C)(C)c1ccc2c(c1)S(=O)(=O)C=C2.CC(C)(C)c1ccc2nc[nH]c2c1.CC(C)(C)c1ccc2nccnc2c1.CC(C)(C)c1cccc2c1CCC2.CC(C)(C)c1cccn2ncnc12.CC(C)(C)c1nc2ccccc2[nH]1.Cc1nc2cc(C(C)(C)C)ccc2s1. The van der Waals surface area contributed by atoms with Gasteiger partial charge in [0.05, 0.1) is 59.5 Å². The van der Waals surface area contributed by atoms with Crippen LogP contribution in [0.15, 0.2) is 169 Å². The number of imidazole rings is 2. The van der Waals surface area contributed by atoms with Gasteiger partial charge in [-0.05, 0) is 170 Å². The molecule has 12 aromatic rings. The van der Waals surface area contributed by atoms with Crippen LogP contribution in [-0.2, 0) is 60.6 Å². The average molecular weight is 1310 g/mol. The summed E-state index contributed by atoms with van der Waals surface area (Å²) < 4.78 is 26.4. The van der Waals surface area contributed by atoms with E-state index in [-0.39, 0.29) is 32.5 Å². The van der Waals surface area contributed by atoms with E-state index in [4.69, 9.17) is 0 Å². The number of aryl methyl sites for hydroxylation is 2. The molecule has 1 aliphatic heterocycles. The Morgan fingerprint density at radius 2 is 1.06 bits per heavy atom. The molecule has 7 heterocycles. The Hall–Kier alpha value is -8.20. The number of thiazole rings is 1. The van der Waals surface area contributed by atoms with Crippen molar-refractivity contribution in [3.63, 3.8) is 0 Å². The minimum atomic E-state index is -3.17. The van der Waals surface area contributed by atoms with E-state index in [1.807, 2.05) is 48.7 Å². The quantitative estimate of drug-likeness (QED) is 0.151. The second-order valence-corrected chi connectivity index (χ2v) is 35.0. The summed E-state index contributed by atoms with van der Waals surface area (Å²) in [5, 5.41) is 6.51. The number of aromatic amines is 2. The van der Waals surface area contributed by atoms with Gasteiger partial charge in [-0.3, -0.25) is 9.97 Å². The maximum atomic E-state index is 11.6. The highest BCUT2D eigenvalue weighted by Crippen LogP contribution is 2.35. The van der Waals surface area contributed by atoms with Crippen molar-refractivity contribution in [2.75, 3.05) is 0 Å². The Morgan fingerprint density at radius 1 is 0.484 bits per heavy atom. The molecule has 0 atom stereocenters. The minimum absolute atomic E-state index is 0.0207. The largest absolute Gasteiger partial charge is 0.345 e. The van der Waals surface area contributed by atoms with Crippen molar-refractivity contribution in [1.82, 2.24) is 49.5 Å². The van der Waals surface area contributed by atoms with Gasteiger partial charge in [0, 0.05) is 35.0 Å². The van der Waals surface area contributed by atoms with E-state index in [2.05, 4.69) is 276 Å². The van der Waals surface area contributed by atoms with Gasteiger partial charge in [0.25, 0.3) is 0 Å². The highest BCUT2D eigenvalue weighted by molar-refractivity contribution is 7.94. The first-order chi connectivity index (χ1) is 44.2. The lowest BCUT2D eigenvalue weighted by atomic mass is 9.83. The molecular formula is C81H102N10O2S2. The summed E-state index contributed by atoms with van der Waals surface area (Å²) in [7, 11) is -3.17. The van der Waals surface area contributed by atoms with Crippen molar-refractivity contribution in [3.05, 3.63) is 225 Å². The Kier molecular flexibility index (Phi) is 21.9. The number of nitrogens with zero attached hydrogens (tertiary/aromatic N) is 8. The van der Waals surface area contributed by atoms with E-state index in [1.54, 1.807) is 69.7 Å². The number of H-pyrrole nitrogens is 2. The molecular weight excluding hydrogens is 1210 g/mol. The first kappa shape index (κ1) is 72.6. The fourth-order valence-electron chi connectivity index (χ4n) is 11.0. The van der Waals surface area contributed by atoms with Crippen LogP contribution in [0.5, 0.6) is 0 Å². The lowest BCUT2D eigenvalue weighted by Crippen LogP contribution is -2.13. The van der Waals surface area contributed by atoms with E-state index in [0.717, 1.165) is 66.2 Å². The van der Waals surface area contributed by atoms with Crippen LogP contribution in [-0.4, -0.2) is 57.9 Å². The van der Waals surface area contributed by atoms with Crippen LogP contribution in [0.1, 0.15) is 213 Å². The molecule has 2 aliphatic rings. The Bertz CT molecular complexity index is 4680. The molecule has 6 aromatic carbocycles. The lowest BCUT2D eigenvalue weighted by molar-refractivity contribution is 0.554. The number of pyridine rings is 1. The van der Waals surface area contributed by atoms with E-state index in [1.165, 1.54) is 51.6 Å². The van der Waals surface area contributed by atoms with Crippen LogP contribution in [0.2, 0.25) is 0 Å². The summed E-state index contributed by atoms with van der Waals surface area (Å²) >= 11 is 1.76. The smallest absolute Gasteiger partial charge is 0.200 e. The van der Waals surface area contributed by atoms with Crippen molar-refractivity contribution in [2.45, 2.75) is 214 Å². The topological polar surface area (TPSA) is 160 Å². The number of rotatable bonds is 0. The van der Waals surface area contributed by atoms with Crippen LogP contribution in [0, 0.1) is 6.92 Å². The maximum absolute atomic E-state index is 11.6. The molecule has 1 aliphatic carbocycles. The zero-order valence-electron chi connectivity index (χ0n) is 60.5. The third-order valence-electron chi connectivity index (χ3n) is 16.8. The Labute approximate surface area is 570 Å². The highest BCUT2D eigenvalue weighted by Gasteiger charge is 2.26. The second-order valence-electron chi connectivity index (χ2n) is 32.0. The van der Waals surface area contributed by atoms with Gasteiger partial charge in [-0.2, -0.15) is 5.10 Å². The van der Waals surface area contributed by atoms with Gasteiger partial charge in [-0.1, -0.05) is 212 Å². The van der Waals surface area contributed by atoms with Crippen LogP contribution in [0.25, 0.3) is 55.0 Å². The number of nitrogens with one attached hydrogen (secondary N) is 2. The number of hydrogen-bond acceptors (Lipinski definition) is 10. The van der Waals surface area contributed by atoms with Crippen molar-refractivity contribution >= 4 is 76.2 Å². The van der Waals surface area contributed by atoms with E-state index >= 15 is 0 Å². The van der Waals surface area contributed by atoms with Crippen molar-refractivity contribution in [3.8, 4) is 0 Å². The second kappa shape index (κ2) is 28.6. The number of hydrogen-bond donors (Lipinski definition) is 2. The Balaban J connectivity index is 0.000000142. The predicted octanol–water partition coefficient (Wildman–Crippen LogP) is 20.8. The number of fused-ring (bicyclic) bond motifs is 7. The Morgan fingerprint density at radius 3 is 1.69 bits per heavy atom. The third-order valence-corrected chi connectivity index (χ3v) is 19.2. The molecule has 0 fully saturated rings. The summed E-state index contributed by atoms with van der Waals surface area (Å²) in [5.41, 5.74) is 21.3. The number of aromatic nitrogens is 10. The molecule has 14 heteroatoms. The first-order valence-corrected chi connectivity index (χ1v) is 35.5. The molecule has 0 saturated heterocycles. The zero-order valence-corrected chi connectivity index (χ0v) is 62.1. The van der Waals surface area contributed by atoms with Gasteiger partial charge in [0.1, 0.15) is 12.2 Å². The van der Waals surface area contributed by atoms with Gasteiger partial charge >= 0.3 is 0 Å². The predicted molar refractivity (Wildman–Crippen MR) is 401 cm³/mol. The third kappa shape index (κ3) is 19.1. The summed E-state index contributed by atoms with van der Waals surface area (Å²) in [4.78, 5) is 32.9. The normalized spacial score (nSPS) is 13.6. The van der Waals surface area contributed by atoms with Gasteiger partial charge in [0.15, 0.2) is 15.5 Å². The average Bonchev–Trinajstić information content (AvgIpc) is 1.40. The molecule has 0 unspecified atom stereocenters. The summed E-state index contributed by atoms with van der Waals surface area (Å²) in [6.45, 7) is 48.1. The molecule has 0 radical (unpaired) electrons. The molecule has 14 rings (SSSR count). The molecule has 2 N–H and O–H groups in total. The van der Waals surface area contributed by atoms with Crippen molar-refractivity contribution < 1.29 is 8.42 Å². The van der Waals surface area contributed by atoms with Gasteiger partial charge in [0.2, 0.25) is 0 Å². The lowest BCUT2D eigenvalue weighted by Gasteiger charge is -2.22. The zero-order chi connectivity index (χ0) is 69.7.